The summed E-state index contributed by atoms with van der Waals surface area (Å²) < 4.78 is 4.62. The van der Waals surface area contributed by atoms with Gasteiger partial charge in [0.05, 0.1) is 17.3 Å². The van der Waals surface area contributed by atoms with Crippen molar-refractivity contribution in [2.75, 3.05) is 0 Å². The van der Waals surface area contributed by atoms with Gasteiger partial charge in [0.1, 0.15) is 6.21 Å². The number of furan rings is 1. The van der Waals surface area contributed by atoms with Crippen LogP contribution in [0.25, 0.3) is 0 Å². The number of hydrogen-bond donors (Lipinski definition) is 1. The number of nitro groups is 1. The summed E-state index contributed by atoms with van der Waals surface area (Å²) in [7, 11) is 0. The van der Waals surface area contributed by atoms with E-state index < -0.39 is 4.92 Å². The van der Waals surface area contributed by atoms with Crippen LogP contribution >= 0.6 is 0 Å². The van der Waals surface area contributed by atoms with Crippen molar-refractivity contribution < 1.29 is 14.5 Å². The molecule has 1 N–H and O–H groups in total. The van der Waals surface area contributed by atoms with E-state index in [1.807, 2.05) is 0 Å². The van der Waals surface area contributed by atoms with Gasteiger partial charge in [-0.2, -0.15) is 0 Å². The summed E-state index contributed by atoms with van der Waals surface area (Å²) in [6.45, 7) is 0. The zero-order valence-electron chi connectivity index (χ0n) is 5.30. The number of oxime groups is 1. The molecule has 0 unspecified atom stereocenters. The molecular weight excluding hydrogens is 152 g/mol. The molecule has 0 bridgehead atoms. The van der Waals surface area contributed by atoms with Crippen LogP contribution in [0.4, 0.5) is 5.69 Å². The lowest BCUT2D eigenvalue weighted by Gasteiger charge is -1.84. The molecule has 0 aliphatic heterocycles. The second kappa shape index (κ2) is 2.82. The molecule has 0 aromatic carbocycles. The average molecular weight is 156 g/mol. The van der Waals surface area contributed by atoms with Gasteiger partial charge in [0.25, 0.3) is 0 Å². The molecule has 1 aromatic heterocycles. The maximum absolute atomic E-state index is 10.2. The predicted octanol–water partition coefficient (Wildman–Crippen LogP) is 0.996. The van der Waals surface area contributed by atoms with Gasteiger partial charge in [-0.3, -0.25) is 10.1 Å². The third-order valence-electron chi connectivity index (χ3n) is 1.05. The molecule has 58 valence electrons. The standard InChI is InChI=1S/C5H4N2O4/c8-6-3-5-4(7(9)10)1-2-11-5/h1-3,8H. The van der Waals surface area contributed by atoms with E-state index in [-0.39, 0.29) is 11.4 Å². The van der Waals surface area contributed by atoms with Gasteiger partial charge in [-0.1, -0.05) is 5.16 Å². The van der Waals surface area contributed by atoms with Crippen LogP contribution in [-0.4, -0.2) is 16.3 Å². The fourth-order valence-corrected chi connectivity index (χ4v) is 0.614. The molecule has 1 rings (SSSR count). The summed E-state index contributed by atoms with van der Waals surface area (Å²) in [5.41, 5.74) is -0.220. The minimum absolute atomic E-state index is 0.0718. The van der Waals surface area contributed by atoms with E-state index in [1.165, 1.54) is 6.07 Å². The smallest absolute Gasteiger partial charge is 0.316 e. The van der Waals surface area contributed by atoms with Crippen LogP contribution < -0.4 is 0 Å². The SMILES string of the molecule is O=[N+]([O-])c1ccoc1C=NO. The molecule has 0 spiro atoms. The van der Waals surface area contributed by atoms with Crippen molar-refractivity contribution in [1.82, 2.24) is 0 Å². The zero-order chi connectivity index (χ0) is 8.27. The molecule has 6 heteroatoms. The minimum Gasteiger partial charge on any atom is -0.456 e. The highest BCUT2D eigenvalue weighted by atomic mass is 16.6. The van der Waals surface area contributed by atoms with Crippen molar-refractivity contribution in [3.05, 3.63) is 28.2 Å². The van der Waals surface area contributed by atoms with E-state index >= 15 is 0 Å². The molecular formula is C5H4N2O4. The van der Waals surface area contributed by atoms with Gasteiger partial charge >= 0.3 is 5.69 Å². The first-order chi connectivity index (χ1) is 5.25. The van der Waals surface area contributed by atoms with Gasteiger partial charge in [-0.25, -0.2) is 0 Å². The Bertz CT molecular complexity index is 290. The molecule has 6 nitrogen and oxygen atoms in total. The second-order valence-electron chi connectivity index (χ2n) is 1.67. The van der Waals surface area contributed by atoms with Crippen molar-refractivity contribution in [2.45, 2.75) is 0 Å². The molecule has 0 saturated carbocycles. The van der Waals surface area contributed by atoms with Crippen LogP contribution in [0.5, 0.6) is 0 Å². The van der Waals surface area contributed by atoms with Gasteiger partial charge in [0, 0.05) is 0 Å². The zero-order valence-corrected chi connectivity index (χ0v) is 5.30. The van der Waals surface area contributed by atoms with E-state index in [9.17, 15) is 10.1 Å². The summed E-state index contributed by atoms with van der Waals surface area (Å²) in [5, 5.41) is 20.8. The molecule has 0 saturated heterocycles. The van der Waals surface area contributed by atoms with Gasteiger partial charge in [-0.05, 0) is 0 Å². The molecule has 0 radical (unpaired) electrons. The highest BCUT2D eigenvalue weighted by Crippen LogP contribution is 2.16. The lowest BCUT2D eigenvalue weighted by Crippen LogP contribution is -1.89. The van der Waals surface area contributed by atoms with Crippen molar-refractivity contribution in [2.24, 2.45) is 5.16 Å². The van der Waals surface area contributed by atoms with E-state index in [1.54, 1.807) is 0 Å². The first-order valence-electron chi connectivity index (χ1n) is 2.65. The monoisotopic (exact) mass is 156 g/mol. The first kappa shape index (κ1) is 7.26. The highest BCUT2D eigenvalue weighted by Gasteiger charge is 2.14. The lowest BCUT2D eigenvalue weighted by atomic mass is 10.4. The number of rotatable bonds is 2. The van der Waals surface area contributed by atoms with Gasteiger partial charge in [0.2, 0.25) is 5.76 Å². The van der Waals surface area contributed by atoms with Crippen molar-refractivity contribution in [3.8, 4) is 0 Å². The van der Waals surface area contributed by atoms with Crippen LogP contribution in [0.2, 0.25) is 0 Å². The molecule has 11 heavy (non-hydrogen) atoms. The van der Waals surface area contributed by atoms with E-state index in [2.05, 4.69) is 9.57 Å². The average Bonchev–Trinajstić information content (AvgIpc) is 2.36. The van der Waals surface area contributed by atoms with Crippen LogP contribution in [0.15, 0.2) is 21.9 Å². The second-order valence-corrected chi connectivity index (χ2v) is 1.67. The Hall–Kier alpha value is -1.85. The van der Waals surface area contributed by atoms with Crippen molar-refractivity contribution in [1.29, 1.82) is 0 Å². The molecule has 0 aliphatic rings. The highest BCUT2D eigenvalue weighted by molar-refractivity contribution is 5.80. The van der Waals surface area contributed by atoms with E-state index in [0.717, 1.165) is 12.5 Å². The Labute approximate surface area is 60.9 Å². The largest absolute Gasteiger partial charge is 0.456 e. The topological polar surface area (TPSA) is 88.9 Å². The summed E-state index contributed by atoms with van der Waals surface area (Å²) in [4.78, 5) is 9.54. The lowest BCUT2D eigenvalue weighted by molar-refractivity contribution is -0.385. The molecule has 0 aliphatic carbocycles. The molecule has 0 amide bonds. The van der Waals surface area contributed by atoms with Crippen molar-refractivity contribution >= 4 is 11.9 Å². The first-order valence-corrected chi connectivity index (χ1v) is 2.65. The summed E-state index contributed by atoms with van der Waals surface area (Å²) in [5.74, 6) is -0.0718. The van der Waals surface area contributed by atoms with Crippen LogP contribution in [-0.2, 0) is 0 Å². The Morgan fingerprint density at radius 2 is 2.55 bits per heavy atom. The van der Waals surface area contributed by atoms with E-state index in [0.29, 0.717) is 0 Å². The maximum atomic E-state index is 10.2. The summed E-state index contributed by atoms with van der Waals surface area (Å²) in [6, 6.07) is 1.18. The van der Waals surface area contributed by atoms with Gasteiger partial charge in [0.15, 0.2) is 0 Å². The van der Waals surface area contributed by atoms with Crippen LogP contribution in [0.3, 0.4) is 0 Å². The Balaban J connectivity index is 3.05. The van der Waals surface area contributed by atoms with Gasteiger partial charge < -0.3 is 9.62 Å². The number of hydrogen-bond acceptors (Lipinski definition) is 5. The third kappa shape index (κ3) is 1.34. The molecule has 0 fully saturated rings. The minimum atomic E-state index is -0.624. The fraction of sp³-hybridized carbons (Fsp3) is 0. The van der Waals surface area contributed by atoms with Crippen LogP contribution in [0, 0.1) is 10.1 Å². The van der Waals surface area contributed by atoms with E-state index in [4.69, 9.17) is 5.21 Å². The molecule has 1 heterocycles. The quantitative estimate of drug-likeness (QED) is 0.299. The predicted molar refractivity (Wildman–Crippen MR) is 34.7 cm³/mol. The fourth-order valence-electron chi connectivity index (χ4n) is 0.614. The van der Waals surface area contributed by atoms with Crippen LogP contribution in [0.1, 0.15) is 5.76 Å². The maximum Gasteiger partial charge on any atom is 0.316 e. The Morgan fingerprint density at radius 1 is 1.82 bits per heavy atom. The summed E-state index contributed by atoms with van der Waals surface area (Å²) >= 11 is 0. The number of nitrogens with zero attached hydrogens (tertiary/aromatic N) is 2. The Kier molecular flexibility index (Phi) is 1.86. The van der Waals surface area contributed by atoms with Gasteiger partial charge in [-0.15, -0.1) is 0 Å². The Morgan fingerprint density at radius 3 is 3.09 bits per heavy atom. The normalized spacial score (nSPS) is 10.5. The molecule has 0 atom stereocenters. The molecule has 1 aromatic rings. The third-order valence-corrected chi connectivity index (χ3v) is 1.05. The van der Waals surface area contributed by atoms with Crippen molar-refractivity contribution in [3.63, 3.8) is 0 Å². The summed E-state index contributed by atoms with van der Waals surface area (Å²) in [6.07, 6.45) is 2.01.